The van der Waals surface area contributed by atoms with Crippen LogP contribution >= 0.6 is 11.3 Å². The van der Waals surface area contributed by atoms with E-state index >= 15 is 0 Å². The molecule has 2 aromatic heterocycles. The molecule has 88 valence electrons. The molecule has 0 aliphatic heterocycles. The Balaban J connectivity index is 2.35. The van der Waals surface area contributed by atoms with Crippen molar-refractivity contribution in [2.24, 2.45) is 5.73 Å². The Bertz CT molecular complexity index is 528. The third kappa shape index (κ3) is 2.42. The summed E-state index contributed by atoms with van der Waals surface area (Å²) in [5.74, 6) is 0.159. The maximum Gasteiger partial charge on any atom is 0.254 e. The van der Waals surface area contributed by atoms with Crippen LogP contribution in [0.15, 0.2) is 17.5 Å². The molecule has 4 N–H and O–H groups in total. The predicted molar refractivity (Wildman–Crippen MR) is 66.8 cm³/mol. The van der Waals surface area contributed by atoms with Gasteiger partial charge in [-0.2, -0.15) is 0 Å². The van der Waals surface area contributed by atoms with E-state index in [0.29, 0.717) is 17.9 Å². The van der Waals surface area contributed by atoms with Gasteiger partial charge in [0.2, 0.25) is 0 Å². The van der Waals surface area contributed by atoms with Crippen molar-refractivity contribution in [2.45, 2.75) is 13.3 Å². The van der Waals surface area contributed by atoms with Gasteiger partial charge in [0.15, 0.2) is 0 Å². The minimum Gasteiger partial charge on any atom is -0.383 e. The summed E-state index contributed by atoms with van der Waals surface area (Å²) in [5, 5.41) is 1.99. The highest BCUT2D eigenvalue weighted by Gasteiger charge is 2.14. The lowest BCUT2D eigenvalue weighted by Gasteiger charge is -2.06. The topological polar surface area (TPSA) is 94.9 Å². The number of carbonyl (C=O) groups excluding carboxylic acids is 1. The van der Waals surface area contributed by atoms with Crippen LogP contribution < -0.4 is 11.5 Å². The summed E-state index contributed by atoms with van der Waals surface area (Å²) in [4.78, 5) is 20.6. The number of aromatic nitrogens is 2. The normalized spacial score (nSPS) is 10.4. The van der Waals surface area contributed by atoms with Crippen molar-refractivity contribution in [3.8, 4) is 0 Å². The zero-order chi connectivity index (χ0) is 12.4. The van der Waals surface area contributed by atoms with Gasteiger partial charge in [0.05, 0.1) is 5.69 Å². The number of nitrogens with zero attached hydrogens (tertiary/aromatic N) is 2. The van der Waals surface area contributed by atoms with Crippen LogP contribution in [0.2, 0.25) is 0 Å². The number of rotatable bonds is 3. The summed E-state index contributed by atoms with van der Waals surface area (Å²) in [5.41, 5.74) is 11.6. The summed E-state index contributed by atoms with van der Waals surface area (Å²) in [6.45, 7) is 1.70. The predicted octanol–water partition coefficient (Wildman–Crippen LogP) is 1.12. The van der Waals surface area contributed by atoms with E-state index in [1.54, 1.807) is 18.3 Å². The summed E-state index contributed by atoms with van der Waals surface area (Å²) >= 11 is 1.63. The van der Waals surface area contributed by atoms with Crippen molar-refractivity contribution >= 4 is 23.1 Å². The molecule has 0 aromatic carbocycles. The number of hydrogen-bond acceptors (Lipinski definition) is 5. The number of primary amides is 1. The van der Waals surface area contributed by atoms with Crippen molar-refractivity contribution in [1.82, 2.24) is 9.97 Å². The van der Waals surface area contributed by atoms with Crippen LogP contribution in [0.4, 0.5) is 5.82 Å². The van der Waals surface area contributed by atoms with E-state index < -0.39 is 5.91 Å². The molecule has 5 nitrogen and oxygen atoms in total. The smallest absolute Gasteiger partial charge is 0.254 e. The van der Waals surface area contributed by atoms with Crippen molar-refractivity contribution in [1.29, 1.82) is 0 Å². The molecule has 0 aliphatic rings. The highest BCUT2D eigenvalue weighted by atomic mass is 32.1. The first kappa shape index (κ1) is 11.5. The first-order valence-electron chi connectivity index (χ1n) is 5.03. The minimum atomic E-state index is -0.595. The molecule has 2 heterocycles. The van der Waals surface area contributed by atoms with Gasteiger partial charge in [-0.15, -0.1) is 11.3 Å². The Morgan fingerprint density at radius 3 is 2.76 bits per heavy atom. The van der Waals surface area contributed by atoms with Gasteiger partial charge in [-0.1, -0.05) is 6.07 Å². The molecule has 17 heavy (non-hydrogen) atoms. The standard InChI is InChI=1S/C11H12N4OS/c1-6-9(11(13)16)10(12)15-8(14-6)5-7-3-2-4-17-7/h2-4H,5H2,1H3,(H2,13,16)(H2,12,14,15). The van der Waals surface area contributed by atoms with Crippen molar-refractivity contribution in [2.75, 3.05) is 5.73 Å². The lowest BCUT2D eigenvalue weighted by atomic mass is 10.2. The molecule has 0 saturated carbocycles. The number of nitrogens with two attached hydrogens (primary N) is 2. The average Bonchev–Trinajstić information content (AvgIpc) is 2.68. The second-order valence-electron chi connectivity index (χ2n) is 3.61. The number of nitrogen functional groups attached to an aromatic ring is 1. The van der Waals surface area contributed by atoms with E-state index in [0.717, 1.165) is 4.88 Å². The zero-order valence-corrected chi connectivity index (χ0v) is 10.1. The van der Waals surface area contributed by atoms with Crippen LogP contribution in [0.1, 0.15) is 26.8 Å². The second-order valence-corrected chi connectivity index (χ2v) is 4.64. The van der Waals surface area contributed by atoms with Gasteiger partial charge >= 0.3 is 0 Å². The average molecular weight is 248 g/mol. The second kappa shape index (κ2) is 4.50. The lowest BCUT2D eigenvalue weighted by molar-refractivity contribution is 0.1000. The van der Waals surface area contributed by atoms with Crippen LogP contribution in [0.25, 0.3) is 0 Å². The number of amides is 1. The van der Waals surface area contributed by atoms with E-state index in [2.05, 4.69) is 9.97 Å². The van der Waals surface area contributed by atoms with Gasteiger partial charge in [0, 0.05) is 11.3 Å². The molecule has 0 aliphatic carbocycles. The number of anilines is 1. The van der Waals surface area contributed by atoms with Crippen LogP contribution in [0, 0.1) is 6.92 Å². The molecule has 2 rings (SSSR count). The molecule has 6 heteroatoms. The van der Waals surface area contributed by atoms with Crippen molar-refractivity contribution in [3.63, 3.8) is 0 Å². The van der Waals surface area contributed by atoms with Crippen LogP contribution in [-0.4, -0.2) is 15.9 Å². The molecule has 0 spiro atoms. The van der Waals surface area contributed by atoms with Gasteiger partial charge in [0.1, 0.15) is 17.2 Å². The number of carbonyl (C=O) groups is 1. The molecule has 0 bridgehead atoms. The molecule has 0 saturated heterocycles. The quantitative estimate of drug-likeness (QED) is 0.850. The van der Waals surface area contributed by atoms with Gasteiger partial charge in [-0.25, -0.2) is 9.97 Å². The first-order chi connectivity index (χ1) is 8.08. The van der Waals surface area contributed by atoms with Crippen LogP contribution in [0.5, 0.6) is 0 Å². The largest absolute Gasteiger partial charge is 0.383 e. The third-order valence-corrected chi connectivity index (χ3v) is 3.20. The Morgan fingerprint density at radius 2 is 2.24 bits per heavy atom. The van der Waals surface area contributed by atoms with Crippen LogP contribution in [0.3, 0.4) is 0 Å². The SMILES string of the molecule is Cc1nc(Cc2cccs2)nc(N)c1C(N)=O. The molecule has 0 atom stereocenters. The van der Waals surface area contributed by atoms with Gasteiger partial charge in [-0.3, -0.25) is 4.79 Å². The summed E-state index contributed by atoms with van der Waals surface area (Å²) in [6, 6.07) is 3.97. The summed E-state index contributed by atoms with van der Waals surface area (Å²) < 4.78 is 0. The lowest BCUT2D eigenvalue weighted by Crippen LogP contribution is -2.18. The maximum atomic E-state index is 11.1. The first-order valence-corrected chi connectivity index (χ1v) is 5.91. The minimum absolute atomic E-state index is 0.150. The van der Waals surface area contributed by atoms with E-state index in [4.69, 9.17) is 11.5 Å². The fraction of sp³-hybridized carbons (Fsp3) is 0.182. The maximum absolute atomic E-state index is 11.1. The monoisotopic (exact) mass is 248 g/mol. The summed E-state index contributed by atoms with van der Waals surface area (Å²) in [7, 11) is 0. The van der Waals surface area contributed by atoms with Crippen molar-refractivity contribution in [3.05, 3.63) is 39.5 Å². The number of aryl methyl sites for hydroxylation is 1. The molecular formula is C11H12N4OS. The molecule has 0 unspecified atom stereocenters. The Morgan fingerprint density at radius 1 is 1.47 bits per heavy atom. The molecule has 2 aromatic rings. The molecule has 0 radical (unpaired) electrons. The van der Waals surface area contributed by atoms with Gasteiger partial charge in [0.25, 0.3) is 5.91 Å². The van der Waals surface area contributed by atoms with Gasteiger partial charge in [-0.05, 0) is 18.4 Å². The fourth-order valence-corrected chi connectivity index (χ4v) is 2.31. The van der Waals surface area contributed by atoms with E-state index in [-0.39, 0.29) is 11.4 Å². The number of hydrogen-bond donors (Lipinski definition) is 2. The van der Waals surface area contributed by atoms with E-state index in [1.165, 1.54) is 0 Å². The molecule has 0 fully saturated rings. The molecular weight excluding hydrogens is 236 g/mol. The Kier molecular flexibility index (Phi) is 3.06. The Hall–Kier alpha value is -1.95. The zero-order valence-electron chi connectivity index (χ0n) is 9.30. The van der Waals surface area contributed by atoms with Gasteiger partial charge < -0.3 is 11.5 Å². The fourth-order valence-electron chi connectivity index (χ4n) is 1.61. The molecule has 1 amide bonds. The Labute approximate surface area is 103 Å². The highest BCUT2D eigenvalue weighted by Crippen LogP contribution is 2.16. The third-order valence-electron chi connectivity index (χ3n) is 2.32. The van der Waals surface area contributed by atoms with Crippen molar-refractivity contribution < 1.29 is 4.79 Å². The van der Waals surface area contributed by atoms with E-state index in [1.807, 2.05) is 17.5 Å². The van der Waals surface area contributed by atoms with Crippen LogP contribution in [-0.2, 0) is 6.42 Å². The van der Waals surface area contributed by atoms with E-state index in [9.17, 15) is 4.79 Å². The highest BCUT2D eigenvalue weighted by molar-refractivity contribution is 7.09. The number of thiophene rings is 1. The summed E-state index contributed by atoms with van der Waals surface area (Å²) in [6.07, 6.45) is 0.613.